The smallest absolute Gasteiger partial charge is 0.261 e. The van der Waals surface area contributed by atoms with E-state index in [-0.39, 0.29) is 16.6 Å². The number of aromatic nitrogens is 3. The molecule has 2 aromatic carbocycles. The van der Waals surface area contributed by atoms with Gasteiger partial charge in [0, 0.05) is 24.3 Å². The molecule has 0 saturated carbocycles. The van der Waals surface area contributed by atoms with Crippen LogP contribution < -0.4 is 10.0 Å². The third kappa shape index (κ3) is 5.98. The molecule has 0 bridgehead atoms. The van der Waals surface area contributed by atoms with Crippen molar-refractivity contribution in [3.8, 4) is 0 Å². The van der Waals surface area contributed by atoms with E-state index in [9.17, 15) is 13.2 Å². The Morgan fingerprint density at radius 3 is 2.38 bits per heavy atom. The van der Waals surface area contributed by atoms with E-state index in [1.165, 1.54) is 23.9 Å². The van der Waals surface area contributed by atoms with Crippen molar-refractivity contribution in [2.45, 2.75) is 36.9 Å². The normalized spacial score (nSPS) is 11.2. The predicted octanol–water partition coefficient (Wildman–Crippen LogP) is 3.87. The molecule has 0 atom stereocenters. The third-order valence-electron chi connectivity index (χ3n) is 4.51. The van der Waals surface area contributed by atoms with Crippen molar-refractivity contribution in [3.05, 3.63) is 72.6 Å². The maximum absolute atomic E-state index is 12.6. The molecule has 1 heterocycles. The molecule has 1 aromatic heterocycles. The van der Waals surface area contributed by atoms with Crippen LogP contribution >= 0.6 is 11.8 Å². The van der Waals surface area contributed by atoms with E-state index in [0.29, 0.717) is 23.1 Å². The van der Waals surface area contributed by atoms with E-state index in [2.05, 4.69) is 26.8 Å². The van der Waals surface area contributed by atoms with Crippen molar-refractivity contribution in [2.75, 3.05) is 15.8 Å². The van der Waals surface area contributed by atoms with Gasteiger partial charge in [-0.1, -0.05) is 42.5 Å². The Balaban J connectivity index is 1.59. The van der Waals surface area contributed by atoms with E-state index >= 15 is 0 Å². The van der Waals surface area contributed by atoms with Crippen molar-refractivity contribution in [1.82, 2.24) is 14.8 Å². The molecule has 0 radical (unpaired) electrons. The number of nitrogens with one attached hydrogen (secondary N) is 2. The number of thioether (sulfide) groups is 1. The number of benzene rings is 2. The minimum absolute atomic E-state index is 0.107. The molecule has 1 amide bonds. The van der Waals surface area contributed by atoms with Gasteiger partial charge in [0.25, 0.3) is 10.0 Å². The van der Waals surface area contributed by atoms with Gasteiger partial charge < -0.3 is 9.88 Å². The van der Waals surface area contributed by atoms with Crippen LogP contribution in [-0.2, 0) is 27.8 Å². The van der Waals surface area contributed by atoms with Crippen molar-refractivity contribution >= 4 is 39.1 Å². The number of rotatable bonds is 10. The fraction of sp³-hybridized carbons (Fsp3) is 0.227. The first-order valence-corrected chi connectivity index (χ1v) is 12.4. The molecule has 168 valence electrons. The van der Waals surface area contributed by atoms with Gasteiger partial charge in [0.15, 0.2) is 5.16 Å². The van der Waals surface area contributed by atoms with Crippen molar-refractivity contribution in [2.24, 2.45) is 0 Å². The van der Waals surface area contributed by atoms with Crippen molar-refractivity contribution in [3.63, 3.8) is 0 Å². The second-order valence-corrected chi connectivity index (χ2v) is 9.61. The molecule has 0 fully saturated rings. The first-order valence-electron chi connectivity index (χ1n) is 9.97. The molecular formula is C22H25N5O3S2. The Labute approximate surface area is 192 Å². The summed E-state index contributed by atoms with van der Waals surface area (Å²) in [5, 5.41) is 11.7. The summed E-state index contributed by atoms with van der Waals surface area (Å²) in [6.45, 7) is 8.24. The predicted molar refractivity (Wildman–Crippen MR) is 127 cm³/mol. The van der Waals surface area contributed by atoms with Gasteiger partial charge in [-0.05, 0) is 43.3 Å². The van der Waals surface area contributed by atoms with Gasteiger partial charge in [0.05, 0.1) is 10.6 Å². The van der Waals surface area contributed by atoms with E-state index in [0.717, 1.165) is 17.8 Å². The summed E-state index contributed by atoms with van der Waals surface area (Å²) in [6.07, 6.45) is 2.50. The molecule has 3 rings (SSSR count). The zero-order valence-electron chi connectivity index (χ0n) is 17.9. The summed E-state index contributed by atoms with van der Waals surface area (Å²) >= 11 is 1.28. The lowest BCUT2D eigenvalue weighted by Gasteiger charge is -2.10. The van der Waals surface area contributed by atoms with Crippen LogP contribution in [0.25, 0.3) is 0 Å². The van der Waals surface area contributed by atoms with Crippen LogP contribution in [0.3, 0.4) is 0 Å². The molecule has 10 heteroatoms. The Morgan fingerprint density at radius 1 is 1.09 bits per heavy atom. The average Bonchev–Trinajstić information content (AvgIpc) is 3.16. The Kier molecular flexibility index (Phi) is 7.70. The molecule has 0 aliphatic carbocycles. The van der Waals surface area contributed by atoms with Gasteiger partial charge in [-0.2, -0.15) is 0 Å². The van der Waals surface area contributed by atoms with Crippen LogP contribution in [0.1, 0.15) is 18.3 Å². The number of aryl methyl sites for hydroxylation is 2. The monoisotopic (exact) mass is 471 g/mol. The molecule has 32 heavy (non-hydrogen) atoms. The molecule has 2 N–H and O–H groups in total. The maximum atomic E-state index is 12.6. The summed E-state index contributed by atoms with van der Waals surface area (Å²) in [5.41, 5.74) is 2.03. The molecule has 0 spiro atoms. The summed E-state index contributed by atoms with van der Waals surface area (Å²) in [4.78, 5) is 12.4. The third-order valence-corrected chi connectivity index (χ3v) is 6.87. The first-order chi connectivity index (χ1) is 15.3. The van der Waals surface area contributed by atoms with Gasteiger partial charge >= 0.3 is 0 Å². The topological polar surface area (TPSA) is 106 Å². The number of sulfonamides is 1. The number of allylic oxidation sites excluding steroid dienone is 1. The number of amides is 1. The zero-order valence-corrected chi connectivity index (χ0v) is 19.5. The summed E-state index contributed by atoms with van der Waals surface area (Å²) in [5.74, 6) is 0.757. The average molecular weight is 472 g/mol. The van der Waals surface area contributed by atoms with Crippen LogP contribution in [0.5, 0.6) is 0 Å². The van der Waals surface area contributed by atoms with Crippen LogP contribution in [0, 0.1) is 6.92 Å². The number of hydrogen-bond donors (Lipinski definition) is 2. The number of carbonyl (C=O) groups is 1. The first kappa shape index (κ1) is 23.6. The Hall–Kier alpha value is -3.11. The Morgan fingerprint density at radius 2 is 1.75 bits per heavy atom. The highest BCUT2D eigenvalue weighted by atomic mass is 32.2. The molecule has 3 aromatic rings. The van der Waals surface area contributed by atoms with Crippen LogP contribution in [-0.4, -0.2) is 34.8 Å². The number of carbonyl (C=O) groups excluding carboxylic acids is 1. The fourth-order valence-corrected chi connectivity index (χ4v) is 4.71. The molecule has 0 aliphatic rings. The highest BCUT2D eigenvalue weighted by Gasteiger charge is 2.15. The minimum Gasteiger partial charge on any atom is -0.325 e. The summed E-state index contributed by atoms with van der Waals surface area (Å²) in [7, 11) is -3.72. The van der Waals surface area contributed by atoms with Crippen LogP contribution in [0.15, 0.2) is 71.2 Å². The fourth-order valence-electron chi connectivity index (χ4n) is 2.88. The van der Waals surface area contributed by atoms with Crippen LogP contribution in [0.4, 0.5) is 11.4 Å². The lowest BCUT2D eigenvalue weighted by atomic mass is 10.2. The molecule has 8 nitrogen and oxygen atoms in total. The molecule has 0 saturated heterocycles. The van der Waals surface area contributed by atoms with Gasteiger partial charge in [-0.25, -0.2) is 8.42 Å². The summed E-state index contributed by atoms with van der Waals surface area (Å²) < 4.78 is 29.6. The van der Waals surface area contributed by atoms with E-state index < -0.39 is 10.0 Å². The largest absolute Gasteiger partial charge is 0.325 e. The SMILES string of the molecule is C=CCn1c(CC)nnc1SCC(=O)Nc1ccc(S(=O)(=O)Nc2ccc(C)cc2)cc1. The van der Waals surface area contributed by atoms with Crippen LogP contribution in [0.2, 0.25) is 0 Å². The van der Waals surface area contributed by atoms with E-state index in [4.69, 9.17) is 0 Å². The highest BCUT2D eigenvalue weighted by molar-refractivity contribution is 7.99. The van der Waals surface area contributed by atoms with Crippen molar-refractivity contribution in [1.29, 1.82) is 0 Å². The second kappa shape index (κ2) is 10.5. The zero-order chi connectivity index (χ0) is 23.1. The lowest BCUT2D eigenvalue weighted by Crippen LogP contribution is -2.15. The van der Waals surface area contributed by atoms with Gasteiger partial charge in [-0.3, -0.25) is 9.52 Å². The number of hydrogen-bond acceptors (Lipinski definition) is 6. The molecular weight excluding hydrogens is 446 g/mol. The second-order valence-electron chi connectivity index (χ2n) is 6.98. The maximum Gasteiger partial charge on any atom is 0.261 e. The standard InChI is InChI=1S/C22H25N5O3S2/c1-4-14-27-20(5-2)24-25-22(27)31-15-21(28)23-17-10-12-19(13-11-17)32(29,30)26-18-8-6-16(3)7-9-18/h4,6-13,26H,1,5,14-15H2,2-3H3,(H,23,28). The number of nitrogens with zero attached hydrogens (tertiary/aromatic N) is 3. The minimum atomic E-state index is -3.72. The van der Waals surface area contributed by atoms with E-state index in [1.54, 1.807) is 30.3 Å². The summed E-state index contributed by atoms with van der Waals surface area (Å²) in [6, 6.07) is 13.1. The van der Waals surface area contributed by atoms with Gasteiger partial charge in [0.1, 0.15) is 5.82 Å². The highest BCUT2D eigenvalue weighted by Crippen LogP contribution is 2.20. The lowest BCUT2D eigenvalue weighted by molar-refractivity contribution is -0.113. The Bertz CT molecular complexity index is 1190. The van der Waals surface area contributed by atoms with Gasteiger partial charge in [-0.15, -0.1) is 16.8 Å². The molecule has 0 aliphatic heterocycles. The molecule has 0 unspecified atom stereocenters. The van der Waals surface area contributed by atoms with Crippen molar-refractivity contribution < 1.29 is 13.2 Å². The quantitative estimate of drug-likeness (QED) is 0.343. The van der Waals surface area contributed by atoms with E-state index in [1.807, 2.05) is 30.5 Å². The van der Waals surface area contributed by atoms with Gasteiger partial charge in [0.2, 0.25) is 5.91 Å². The number of anilines is 2.